The predicted molar refractivity (Wildman–Crippen MR) is 84.0 cm³/mol. The van der Waals surface area contributed by atoms with Crippen LogP contribution >= 0.6 is 0 Å². The van der Waals surface area contributed by atoms with Crippen LogP contribution in [0.4, 0.5) is 0 Å². The van der Waals surface area contributed by atoms with E-state index in [9.17, 15) is 4.79 Å². The van der Waals surface area contributed by atoms with E-state index >= 15 is 0 Å². The first-order chi connectivity index (χ1) is 10.3. The van der Waals surface area contributed by atoms with Crippen LogP contribution in [0.25, 0.3) is 22.2 Å². The van der Waals surface area contributed by atoms with E-state index in [2.05, 4.69) is 24.3 Å². The number of benzene rings is 2. The Kier molecular flexibility index (Phi) is 3.73. The second-order valence-corrected chi connectivity index (χ2v) is 4.85. The summed E-state index contributed by atoms with van der Waals surface area (Å²) in [6, 6.07) is 20.3. The van der Waals surface area contributed by atoms with Gasteiger partial charge in [0.2, 0.25) is 0 Å². The Labute approximate surface area is 123 Å². The van der Waals surface area contributed by atoms with Crippen molar-refractivity contribution < 1.29 is 9.53 Å². The second kappa shape index (κ2) is 5.83. The van der Waals surface area contributed by atoms with E-state index in [0.717, 1.165) is 22.2 Å². The number of carbonyl (C=O) groups is 1. The van der Waals surface area contributed by atoms with Gasteiger partial charge in [-0.3, -0.25) is 4.79 Å². The molecule has 0 unspecified atom stereocenters. The van der Waals surface area contributed by atoms with Crippen LogP contribution < -0.4 is 0 Å². The highest BCUT2D eigenvalue weighted by Gasteiger charge is 2.13. The Morgan fingerprint density at radius 2 is 1.76 bits per heavy atom. The van der Waals surface area contributed by atoms with Crippen LogP contribution in [0.2, 0.25) is 0 Å². The smallest absolute Gasteiger partial charge is 0.325 e. The van der Waals surface area contributed by atoms with Crippen molar-refractivity contribution in [3.63, 3.8) is 0 Å². The molecule has 0 aliphatic heterocycles. The highest BCUT2D eigenvalue weighted by Crippen LogP contribution is 2.28. The van der Waals surface area contributed by atoms with Crippen LogP contribution in [-0.2, 0) is 16.1 Å². The van der Waals surface area contributed by atoms with Gasteiger partial charge in [-0.2, -0.15) is 0 Å². The Bertz CT molecular complexity index is 759. The monoisotopic (exact) mass is 279 g/mol. The fraction of sp³-hybridized carbons (Fsp3) is 0.167. The largest absolute Gasteiger partial charge is 0.465 e. The quantitative estimate of drug-likeness (QED) is 0.679. The molecular formula is C18H17NO2. The number of esters is 1. The van der Waals surface area contributed by atoms with Gasteiger partial charge in [-0.25, -0.2) is 0 Å². The summed E-state index contributed by atoms with van der Waals surface area (Å²) in [5.74, 6) is -0.212. The molecule has 0 radical (unpaired) electrons. The van der Waals surface area contributed by atoms with Crippen LogP contribution in [0.15, 0.2) is 60.7 Å². The molecule has 0 saturated carbocycles. The fourth-order valence-electron chi connectivity index (χ4n) is 2.56. The predicted octanol–water partition coefficient (Wildman–Crippen LogP) is 3.87. The zero-order valence-electron chi connectivity index (χ0n) is 12.0. The molecule has 0 aliphatic carbocycles. The van der Waals surface area contributed by atoms with Crippen molar-refractivity contribution in [3.8, 4) is 11.3 Å². The van der Waals surface area contributed by atoms with E-state index in [1.807, 2.05) is 47.9 Å². The number of rotatable bonds is 4. The average molecular weight is 279 g/mol. The lowest BCUT2D eigenvalue weighted by atomic mass is 10.1. The van der Waals surface area contributed by atoms with Crippen molar-refractivity contribution in [1.29, 1.82) is 0 Å². The SMILES string of the molecule is CCOC(=O)Cn1c(-c2ccccc2)cc2ccccc21. The zero-order valence-corrected chi connectivity index (χ0v) is 12.0. The van der Waals surface area contributed by atoms with Crippen LogP contribution in [0, 0.1) is 0 Å². The molecule has 0 bridgehead atoms. The Hall–Kier alpha value is -2.55. The van der Waals surface area contributed by atoms with Crippen molar-refractivity contribution in [2.75, 3.05) is 6.61 Å². The lowest BCUT2D eigenvalue weighted by molar-refractivity contribution is -0.143. The van der Waals surface area contributed by atoms with Gasteiger partial charge in [0.05, 0.1) is 6.61 Å². The summed E-state index contributed by atoms with van der Waals surface area (Å²) in [4.78, 5) is 11.9. The summed E-state index contributed by atoms with van der Waals surface area (Å²) >= 11 is 0. The maximum absolute atomic E-state index is 11.9. The van der Waals surface area contributed by atoms with Gasteiger partial charge in [0.1, 0.15) is 6.54 Å². The molecule has 3 aromatic rings. The molecule has 106 valence electrons. The molecule has 1 heterocycles. The molecule has 21 heavy (non-hydrogen) atoms. The number of hydrogen-bond acceptors (Lipinski definition) is 2. The molecule has 0 atom stereocenters. The van der Waals surface area contributed by atoms with Crippen LogP contribution in [0.5, 0.6) is 0 Å². The fourth-order valence-corrected chi connectivity index (χ4v) is 2.56. The standard InChI is InChI=1S/C18H17NO2/c1-2-21-18(20)13-19-16-11-7-6-10-15(16)12-17(19)14-8-4-3-5-9-14/h3-12H,2,13H2,1H3. The number of fused-ring (bicyclic) bond motifs is 1. The third kappa shape index (κ3) is 2.68. The number of para-hydroxylation sites is 1. The molecule has 1 aromatic heterocycles. The van der Waals surface area contributed by atoms with E-state index in [4.69, 9.17) is 4.74 Å². The molecule has 3 nitrogen and oxygen atoms in total. The van der Waals surface area contributed by atoms with E-state index in [0.29, 0.717) is 6.61 Å². The second-order valence-electron chi connectivity index (χ2n) is 4.85. The van der Waals surface area contributed by atoms with Crippen molar-refractivity contribution in [2.24, 2.45) is 0 Å². The Morgan fingerprint density at radius 3 is 2.52 bits per heavy atom. The minimum atomic E-state index is -0.212. The van der Waals surface area contributed by atoms with Gasteiger partial charge in [0, 0.05) is 16.6 Å². The minimum Gasteiger partial charge on any atom is -0.465 e. The molecule has 0 saturated heterocycles. The van der Waals surface area contributed by atoms with Gasteiger partial charge in [-0.1, -0.05) is 48.5 Å². The highest BCUT2D eigenvalue weighted by atomic mass is 16.5. The summed E-state index contributed by atoms with van der Waals surface area (Å²) in [7, 11) is 0. The molecule has 0 amide bonds. The molecular weight excluding hydrogens is 262 g/mol. The number of aromatic nitrogens is 1. The first-order valence-corrected chi connectivity index (χ1v) is 7.09. The summed E-state index contributed by atoms with van der Waals surface area (Å²) < 4.78 is 7.11. The van der Waals surface area contributed by atoms with Gasteiger partial charge in [-0.15, -0.1) is 0 Å². The van der Waals surface area contributed by atoms with Gasteiger partial charge in [0.25, 0.3) is 0 Å². The zero-order chi connectivity index (χ0) is 14.7. The van der Waals surface area contributed by atoms with Gasteiger partial charge in [0.15, 0.2) is 0 Å². The molecule has 0 aliphatic rings. The first-order valence-electron chi connectivity index (χ1n) is 7.09. The lowest BCUT2D eigenvalue weighted by Gasteiger charge is -2.10. The summed E-state index contributed by atoms with van der Waals surface area (Å²) in [5, 5.41) is 1.13. The van der Waals surface area contributed by atoms with Crippen LogP contribution in [0.1, 0.15) is 6.92 Å². The molecule has 2 aromatic carbocycles. The Balaban J connectivity index is 2.12. The molecule has 3 heteroatoms. The highest BCUT2D eigenvalue weighted by molar-refractivity contribution is 5.88. The number of ether oxygens (including phenoxy) is 1. The van der Waals surface area contributed by atoms with Crippen LogP contribution in [-0.4, -0.2) is 17.1 Å². The van der Waals surface area contributed by atoms with E-state index in [-0.39, 0.29) is 12.5 Å². The van der Waals surface area contributed by atoms with E-state index in [1.54, 1.807) is 0 Å². The van der Waals surface area contributed by atoms with Crippen molar-refractivity contribution in [1.82, 2.24) is 4.57 Å². The number of carbonyl (C=O) groups excluding carboxylic acids is 1. The maximum Gasteiger partial charge on any atom is 0.325 e. The van der Waals surface area contributed by atoms with E-state index in [1.165, 1.54) is 0 Å². The third-order valence-corrected chi connectivity index (χ3v) is 3.47. The Morgan fingerprint density at radius 1 is 1.05 bits per heavy atom. The average Bonchev–Trinajstić information content (AvgIpc) is 2.87. The molecule has 0 fully saturated rings. The first kappa shape index (κ1) is 13.4. The molecule has 0 N–H and O–H groups in total. The van der Waals surface area contributed by atoms with Crippen LogP contribution in [0.3, 0.4) is 0 Å². The summed E-state index contributed by atoms with van der Waals surface area (Å²) in [5.41, 5.74) is 3.17. The lowest BCUT2D eigenvalue weighted by Crippen LogP contribution is -2.14. The van der Waals surface area contributed by atoms with Crippen molar-refractivity contribution in [3.05, 3.63) is 60.7 Å². The summed E-state index contributed by atoms with van der Waals surface area (Å²) in [6.07, 6.45) is 0. The minimum absolute atomic E-state index is 0.212. The van der Waals surface area contributed by atoms with Crippen molar-refractivity contribution in [2.45, 2.75) is 13.5 Å². The maximum atomic E-state index is 11.9. The number of hydrogen-bond donors (Lipinski definition) is 0. The molecule has 0 spiro atoms. The van der Waals surface area contributed by atoms with Crippen molar-refractivity contribution >= 4 is 16.9 Å². The number of nitrogens with zero attached hydrogens (tertiary/aromatic N) is 1. The van der Waals surface area contributed by atoms with Gasteiger partial charge < -0.3 is 9.30 Å². The van der Waals surface area contributed by atoms with E-state index < -0.39 is 0 Å². The molecule has 3 rings (SSSR count). The van der Waals surface area contributed by atoms with Gasteiger partial charge in [-0.05, 0) is 24.6 Å². The normalized spacial score (nSPS) is 10.7. The van der Waals surface area contributed by atoms with Gasteiger partial charge >= 0.3 is 5.97 Å². The topological polar surface area (TPSA) is 31.2 Å². The third-order valence-electron chi connectivity index (χ3n) is 3.47. The summed E-state index contributed by atoms with van der Waals surface area (Å²) in [6.45, 7) is 2.45.